The van der Waals surface area contributed by atoms with E-state index in [9.17, 15) is 29.4 Å². The minimum atomic E-state index is -1.54. The monoisotopic (exact) mass is 584 g/mol. The summed E-state index contributed by atoms with van der Waals surface area (Å²) >= 11 is 2.33. The molecule has 40 heavy (non-hydrogen) atoms. The molecule has 4 heterocycles. The van der Waals surface area contributed by atoms with Gasteiger partial charge in [-0.15, -0.1) is 23.1 Å². The number of β-lactam (4-membered cyclic amide) rings is 1. The summed E-state index contributed by atoms with van der Waals surface area (Å²) in [5.41, 5.74) is 4.06. The molecule has 3 aliphatic rings. The molecule has 2 aromatic rings. The second kappa shape index (κ2) is 11.1. The van der Waals surface area contributed by atoms with Crippen LogP contribution in [0, 0.1) is 0 Å². The third-order valence-corrected chi connectivity index (χ3v) is 8.71. The summed E-state index contributed by atoms with van der Waals surface area (Å²) in [5, 5.41) is 28.9. The second-order valence-electron chi connectivity index (χ2n) is 9.25. The minimum Gasteiger partial charge on any atom is -0.543 e. The third kappa shape index (κ3) is 5.16. The van der Waals surface area contributed by atoms with Gasteiger partial charge in [-0.25, -0.2) is 14.3 Å². The highest BCUT2D eigenvalue weighted by Gasteiger charge is 2.53. The number of aromatic nitrogens is 2. The van der Waals surface area contributed by atoms with Gasteiger partial charge in [0.15, 0.2) is 29.8 Å². The van der Waals surface area contributed by atoms with E-state index in [0.29, 0.717) is 18.5 Å². The van der Waals surface area contributed by atoms with Gasteiger partial charge in [-0.2, -0.15) is 0 Å². The number of pyridine rings is 1. The standard InChI is InChI=1S/C25H24N6O7S2/c26-24-27-15(13-40-24)16(29-38-25(23(36)37)7-5-8-25)19(32)28-17-20(33)31-18(22(34)35)14(12-39-21(17)31)6-4-11-30-9-2-1-3-10-30/h1-4,6,9-10,13,17,21H,5,7-8,11-12H2,(H4-,26,27,28,32,34,35,36,37)/b6-4+,29-16-/t17?,21-/m1/s1. The molecule has 15 heteroatoms. The number of nitrogens with one attached hydrogen (secondary N) is 1. The van der Waals surface area contributed by atoms with Crippen molar-refractivity contribution in [1.82, 2.24) is 15.2 Å². The Morgan fingerprint density at radius 3 is 2.67 bits per heavy atom. The summed E-state index contributed by atoms with van der Waals surface area (Å²) < 4.78 is 1.90. The smallest absolute Gasteiger partial charge is 0.350 e. The molecule has 2 aromatic heterocycles. The van der Waals surface area contributed by atoms with E-state index in [2.05, 4.69) is 15.5 Å². The van der Waals surface area contributed by atoms with Crippen LogP contribution >= 0.6 is 23.1 Å². The van der Waals surface area contributed by atoms with E-state index in [-0.39, 0.29) is 40.8 Å². The van der Waals surface area contributed by atoms with E-state index in [4.69, 9.17) is 10.6 Å². The second-order valence-corrected chi connectivity index (χ2v) is 11.2. The van der Waals surface area contributed by atoms with Crippen molar-refractivity contribution in [3.63, 3.8) is 0 Å². The zero-order valence-electron chi connectivity index (χ0n) is 20.9. The highest BCUT2D eigenvalue weighted by atomic mass is 32.2. The van der Waals surface area contributed by atoms with Crippen molar-refractivity contribution < 1.29 is 38.8 Å². The Morgan fingerprint density at radius 2 is 2.08 bits per heavy atom. The Kier molecular flexibility index (Phi) is 7.58. The van der Waals surface area contributed by atoms with Crippen LogP contribution in [0.25, 0.3) is 0 Å². The lowest BCUT2D eigenvalue weighted by Crippen LogP contribution is -2.71. The molecule has 2 fully saturated rings. The van der Waals surface area contributed by atoms with Crippen LogP contribution in [0.1, 0.15) is 25.0 Å². The molecule has 1 aliphatic carbocycles. The molecule has 0 spiro atoms. The van der Waals surface area contributed by atoms with Crippen LogP contribution in [-0.2, 0) is 30.6 Å². The topological polar surface area (TPSA) is 191 Å². The number of oxime groups is 1. The molecule has 208 valence electrons. The van der Waals surface area contributed by atoms with Gasteiger partial charge in [0.1, 0.15) is 17.1 Å². The lowest BCUT2D eigenvalue weighted by Gasteiger charge is -2.50. The Hall–Kier alpha value is -4.24. The summed E-state index contributed by atoms with van der Waals surface area (Å²) in [6.07, 6.45) is 8.27. The van der Waals surface area contributed by atoms with Gasteiger partial charge in [0.05, 0.1) is 11.7 Å². The van der Waals surface area contributed by atoms with Crippen LogP contribution in [0.15, 0.2) is 64.6 Å². The number of carbonyl (C=O) groups excluding carboxylic acids is 3. The van der Waals surface area contributed by atoms with E-state index < -0.39 is 40.8 Å². The molecular formula is C25H24N6O7S2. The number of hydrogen-bond acceptors (Lipinski definition) is 11. The predicted molar refractivity (Wildman–Crippen MR) is 141 cm³/mol. The maximum atomic E-state index is 13.2. The van der Waals surface area contributed by atoms with Crippen molar-refractivity contribution in [2.45, 2.75) is 42.8 Å². The van der Waals surface area contributed by atoms with Gasteiger partial charge in [0.2, 0.25) is 5.60 Å². The van der Waals surface area contributed by atoms with Crippen molar-refractivity contribution in [1.29, 1.82) is 0 Å². The van der Waals surface area contributed by atoms with Gasteiger partial charge in [-0.1, -0.05) is 17.3 Å². The van der Waals surface area contributed by atoms with Crippen LogP contribution in [0.3, 0.4) is 0 Å². The number of nitrogens with zero attached hydrogens (tertiary/aromatic N) is 4. The molecule has 2 atom stereocenters. The van der Waals surface area contributed by atoms with E-state index in [1.165, 1.54) is 17.1 Å². The van der Waals surface area contributed by atoms with Gasteiger partial charge in [-0.05, 0) is 18.1 Å². The van der Waals surface area contributed by atoms with Crippen LogP contribution in [0.4, 0.5) is 5.13 Å². The highest BCUT2D eigenvalue weighted by molar-refractivity contribution is 8.00. The van der Waals surface area contributed by atoms with E-state index >= 15 is 0 Å². The number of carboxylic acids is 2. The van der Waals surface area contributed by atoms with Crippen molar-refractivity contribution in [3.05, 3.63) is 65.1 Å². The number of thioether (sulfide) groups is 1. The molecule has 5 rings (SSSR count). The molecule has 0 bridgehead atoms. The van der Waals surface area contributed by atoms with Gasteiger partial charge < -0.3 is 30.9 Å². The molecule has 0 aromatic carbocycles. The summed E-state index contributed by atoms with van der Waals surface area (Å²) in [6.45, 7) is 0.500. The number of nitrogens with two attached hydrogens (primary N) is 1. The van der Waals surface area contributed by atoms with Crippen molar-refractivity contribution in [3.8, 4) is 0 Å². The van der Waals surface area contributed by atoms with Gasteiger partial charge >= 0.3 is 5.97 Å². The Labute approximate surface area is 236 Å². The van der Waals surface area contributed by atoms with Gasteiger partial charge in [0.25, 0.3) is 11.8 Å². The number of anilines is 1. The SMILES string of the molecule is Nc1nc(/C(=N/OC2(C(=O)O)CCC2)C(=O)NC2C(=O)N3C(C(=O)[O-])=C(/C=C/C[n+]4ccccc4)CS[C@H]23)cs1. The average Bonchev–Trinajstić information content (AvgIpc) is 3.34. The van der Waals surface area contributed by atoms with E-state index in [1.54, 1.807) is 12.2 Å². The van der Waals surface area contributed by atoms with Crippen molar-refractivity contribution in [2.24, 2.45) is 5.16 Å². The number of carboxylic acid groups (broad SMARTS) is 2. The fourth-order valence-corrected chi connectivity index (χ4v) is 6.28. The molecular weight excluding hydrogens is 560 g/mol. The first-order valence-corrected chi connectivity index (χ1v) is 14.1. The zero-order chi connectivity index (χ0) is 28.4. The Balaban J connectivity index is 1.32. The van der Waals surface area contributed by atoms with Crippen LogP contribution in [0.5, 0.6) is 0 Å². The number of rotatable bonds is 10. The number of carbonyl (C=O) groups is 4. The zero-order valence-corrected chi connectivity index (χ0v) is 22.5. The normalized spacial score (nSPS) is 21.9. The number of aliphatic carboxylic acids is 2. The molecule has 1 saturated carbocycles. The molecule has 2 aliphatic heterocycles. The lowest BCUT2D eigenvalue weighted by atomic mass is 9.80. The Bertz CT molecular complexity index is 1450. The Morgan fingerprint density at radius 1 is 1.32 bits per heavy atom. The fraction of sp³-hybridized carbons (Fsp3) is 0.320. The fourth-order valence-electron chi connectivity index (χ4n) is 4.42. The minimum absolute atomic E-state index is 0.0545. The molecule has 4 N–H and O–H groups in total. The average molecular weight is 585 g/mol. The van der Waals surface area contributed by atoms with E-state index in [0.717, 1.165) is 16.2 Å². The molecule has 13 nitrogen and oxygen atoms in total. The number of fused-ring (bicyclic) bond motifs is 1. The van der Waals surface area contributed by atoms with Crippen molar-refractivity contribution >= 4 is 57.7 Å². The third-order valence-electron chi connectivity index (χ3n) is 6.73. The number of allylic oxidation sites excluding steroid dienone is 2. The summed E-state index contributed by atoms with van der Waals surface area (Å²) in [6, 6.07) is 4.57. The van der Waals surface area contributed by atoms with Crippen LogP contribution in [-0.4, -0.2) is 67.2 Å². The molecule has 1 unspecified atom stereocenters. The van der Waals surface area contributed by atoms with Crippen molar-refractivity contribution in [2.75, 3.05) is 11.5 Å². The molecule has 2 amide bonds. The predicted octanol–water partition coefficient (Wildman–Crippen LogP) is -0.599. The molecule has 0 radical (unpaired) electrons. The first-order chi connectivity index (χ1) is 19.2. The van der Waals surface area contributed by atoms with Crippen LogP contribution < -0.4 is 20.7 Å². The number of thiazole rings is 1. The highest BCUT2D eigenvalue weighted by Crippen LogP contribution is 2.40. The number of amides is 2. The summed E-state index contributed by atoms with van der Waals surface area (Å²) in [7, 11) is 0. The van der Waals surface area contributed by atoms with E-state index in [1.807, 2.05) is 35.2 Å². The maximum Gasteiger partial charge on any atom is 0.350 e. The lowest BCUT2D eigenvalue weighted by molar-refractivity contribution is -0.687. The first kappa shape index (κ1) is 27.3. The largest absolute Gasteiger partial charge is 0.543 e. The number of nitrogen functional groups attached to an aromatic ring is 1. The maximum absolute atomic E-state index is 13.2. The van der Waals surface area contributed by atoms with Crippen LogP contribution in [0.2, 0.25) is 0 Å². The summed E-state index contributed by atoms with van der Waals surface area (Å²) in [5.74, 6) is -3.89. The van der Waals surface area contributed by atoms with Gasteiger partial charge in [-0.3, -0.25) is 14.5 Å². The molecule has 1 saturated heterocycles. The summed E-state index contributed by atoms with van der Waals surface area (Å²) in [4.78, 5) is 60.5. The number of hydrogen-bond donors (Lipinski definition) is 3. The van der Waals surface area contributed by atoms with Gasteiger partial charge in [0, 0.05) is 36.1 Å². The first-order valence-electron chi connectivity index (χ1n) is 12.2. The quantitative estimate of drug-likeness (QED) is 0.141.